The third-order valence-corrected chi connectivity index (χ3v) is 2.88. The molecule has 0 amide bonds. The van der Waals surface area contributed by atoms with E-state index in [-0.39, 0.29) is 18.2 Å². The number of ether oxygens (including phenoxy) is 1. The van der Waals surface area contributed by atoms with Gasteiger partial charge in [-0.25, -0.2) is 9.48 Å². The predicted octanol–water partition coefficient (Wildman–Crippen LogP) is 2.17. The maximum atomic E-state index is 11.7. The first-order valence-corrected chi connectivity index (χ1v) is 5.92. The Morgan fingerprint density at radius 3 is 2.56 bits per heavy atom. The lowest BCUT2D eigenvalue weighted by atomic mass is 10.0. The molecule has 0 bridgehead atoms. The topological polar surface area (TPSA) is 64.4 Å². The Labute approximate surface area is 107 Å². The van der Waals surface area contributed by atoms with Gasteiger partial charge in [-0.1, -0.05) is 19.9 Å². The van der Waals surface area contributed by atoms with Gasteiger partial charge in [0.25, 0.3) is 0 Å². The molecule has 1 N–H and O–H groups in total. The first-order chi connectivity index (χ1) is 8.47. The highest BCUT2D eigenvalue weighted by Gasteiger charge is 2.25. The molecular weight excluding hydrogens is 232 g/mol. The van der Waals surface area contributed by atoms with E-state index in [4.69, 9.17) is 4.74 Å². The molecule has 1 rings (SSSR count). The molecule has 0 saturated heterocycles. The number of rotatable bonds is 4. The molecule has 0 saturated carbocycles. The van der Waals surface area contributed by atoms with Crippen molar-refractivity contribution in [2.24, 2.45) is 0 Å². The summed E-state index contributed by atoms with van der Waals surface area (Å²) in [5.74, 6) is -0.393. The van der Waals surface area contributed by atoms with Gasteiger partial charge in [0.05, 0.1) is 19.4 Å². The van der Waals surface area contributed by atoms with E-state index in [0.29, 0.717) is 5.69 Å². The Kier molecular flexibility index (Phi) is 4.67. The second-order valence-corrected chi connectivity index (χ2v) is 4.36. The molecule has 1 heterocycles. The number of hydrogen-bond acceptors (Lipinski definition) is 4. The third-order valence-electron chi connectivity index (χ3n) is 2.88. The number of aliphatic hydroxyl groups excluding tert-OH is 1. The van der Waals surface area contributed by atoms with E-state index in [1.807, 2.05) is 33.8 Å². The fraction of sp³-hybridized carbons (Fsp3) is 0.538. The van der Waals surface area contributed by atoms with Crippen LogP contribution >= 0.6 is 0 Å². The minimum absolute atomic E-state index is 0.0830. The summed E-state index contributed by atoms with van der Waals surface area (Å²) in [7, 11) is 1.33. The molecule has 0 aliphatic rings. The Hall–Kier alpha value is -1.62. The zero-order chi connectivity index (χ0) is 13.9. The number of carbonyl (C=O) groups excluding carboxylic acids is 1. The van der Waals surface area contributed by atoms with Crippen molar-refractivity contribution in [1.82, 2.24) is 9.78 Å². The third kappa shape index (κ3) is 2.46. The van der Waals surface area contributed by atoms with Gasteiger partial charge in [0, 0.05) is 11.3 Å². The van der Waals surface area contributed by atoms with Crippen LogP contribution in [0.2, 0.25) is 0 Å². The molecule has 0 aliphatic carbocycles. The Balaban J connectivity index is 3.53. The summed E-state index contributed by atoms with van der Waals surface area (Å²) in [6.45, 7) is 7.50. The van der Waals surface area contributed by atoms with Gasteiger partial charge in [-0.15, -0.1) is 0 Å². The maximum Gasteiger partial charge on any atom is 0.358 e. The average Bonchev–Trinajstić information content (AvgIpc) is 2.76. The number of carbonyl (C=O) groups is 1. The smallest absolute Gasteiger partial charge is 0.358 e. The van der Waals surface area contributed by atoms with Gasteiger partial charge in [0.1, 0.15) is 0 Å². The molecule has 0 atom stereocenters. The van der Waals surface area contributed by atoms with E-state index in [2.05, 4.69) is 5.10 Å². The Morgan fingerprint density at radius 1 is 1.56 bits per heavy atom. The first kappa shape index (κ1) is 14.4. The van der Waals surface area contributed by atoms with Crippen molar-refractivity contribution in [3.63, 3.8) is 0 Å². The van der Waals surface area contributed by atoms with Crippen LogP contribution in [0.3, 0.4) is 0 Å². The Bertz CT molecular complexity index is 473. The first-order valence-electron chi connectivity index (χ1n) is 5.92. The van der Waals surface area contributed by atoms with E-state index in [1.165, 1.54) is 7.11 Å². The van der Waals surface area contributed by atoms with Gasteiger partial charge in [0.2, 0.25) is 0 Å². The standard InChI is InChI=1S/C13H20N2O3/c1-6-9(4)15-10(7-16)11(8(2)3)12(14-15)13(17)18-5/h6,8,16H,7H2,1-5H3/b9-6+. The summed E-state index contributed by atoms with van der Waals surface area (Å²) < 4.78 is 6.34. The van der Waals surface area contributed by atoms with E-state index in [9.17, 15) is 9.90 Å². The van der Waals surface area contributed by atoms with Crippen molar-refractivity contribution < 1.29 is 14.6 Å². The lowest BCUT2D eigenvalue weighted by Gasteiger charge is -2.09. The molecule has 0 radical (unpaired) electrons. The van der Waals surface area contributed by atoms with Gasteiger partial charge in [-0.2, -0.15) is 5.10 Å². The van der Waals surface area contributed by atoms with Crippen molar-refractivity contribution in [1.29, 1.82) is 0 Å². The fourth-order valence-corrected chi connectivity index (χ4v) is 1.89. The highest BCUT2D eigenvalue weighted by Crippen LogP contribution is 2.26. The van der Waals surface area contributed by atoms with Gasteiger partial charge < -0.3 is 9.84 Å². The number of allylic oxidation sites excluding steroid dienone is 2. The number of methoxy groups -OCH3 is 1. The molecule has 0 fully saturated rings. The van der Waals surface area contributed by atoms with Crippen molar-refractivity contribution in [3.8, 4) is 0 Å². The van der Waals surface area contributed by atoms with Crippen molar-refractivity contribution in [2.75, 3.05) is 7.11 Å². The number of aliphatic hydroxyl groups is 1. The number of aromatic nitrogens is 2. The molecule has 1 aromatic rings. The lowest BCUT2D eigenvalue weighted by molar-refractivity contribution is 0.0592. The summed E-state index contributed by atoms with van der Waals surface area (Å²) in [5.41, 5.74) is 2.51. The van der Waals surface area contributed by atoms with E-state index in [1.54, 1.807) is 4.68 Å². The fourth-order valence-electron chi connectivity index (χ4n) is 1.89. The van der Waals surface area contributed by atoms with Crippen LogP contribution in [0.15, 0.2) is 6.08 Å². The molecule has 0 aromatic carbocycles. The zero-order valence-electron chi connectivity index (χ0n) is 11.5. The summed E-state index contributed by atoms with van der Waals surface area (Å²) in [6.07, 6.45) is 1.87. The van der Waals surface area contributed by atoms with Crippen molar-refractivity contribution in [3.05, 3.63) is 23.0 Å². The van der Waals surface area contributed by atoms with Crippen LogP contribution < -0.4 is 0 Å². The largest absolute Gasteiger partial charge is 0.464 e. The van der Waals surface area contributed by atoms with Crippen LogP contribution in [-0.2, 0) is 11.3 Å². The average molecular weight is 252 g/mol. The molecule has 0 aliphatic heterocycles. The van der Waals surface area contributed by atoms with Crippen LogP contribution in [0, 0.1) is 0 Å². The van der Waals surface area contributed by atoms with Crippen molar-refractivity contribution >= 4 is 11.7 Å². The highest BCUT2D eigenvalue weighted by molar-refractivity contribution is 5.89. The maximum absolute atomic E-state index is 11.7. The summed E-state index contributed by atoms with van der Waals surface area (Å²) in [4.78, 5) is 11.7. The molecule has 5 heteroatoms. The molecule has 0 unspecified atom stereocenters. The number of hydrogen-bond donors (Lipinski definition) is 1. The zero-order valence-corrected chi connectivity index (χ0v) is 11.5. The predicted molar refractivity (Wildman–Crippen MR) is 69.2 cm³/mol. The monoisotopic (exact) mass is 252 g/mol. The SMILES string of the molecule is C/C=C(\C)n1nc(C(=O)OC)c(C(C)C)c1CO. The summed E-state index contributed by atoms with van der Waals surface area (Å²) in [6, 6.07) is 0. The molecule has 5 nitrogen and oxygen atoms in total. The van der Waals surface area contributed by atoms with Crippen LogP contribution in [0.4, 0.5) is 0 Å². The molecular formula is C13H20N2O3. The molecule has 18 heavy (non-hydrogen) atoms. The quantitative estimate of drug-likeness (QED) is 0.834. The Morgan fingerprint density at radius 2 is 2.17 bits per heavy atom. The molecule has 0 spiro atoms. The number of esters is 1. The second-order valence-electron chi connectivity index (χ2n) is 4.36. The van der Waals surface area contributed by atoms with Gasteiger partial charge in [0.15, 0.2) is 5.69 Å². The van der Waals surface area contributed by atoms with Gasteiger partial charge in [-0.05, 0) is 19.8 Å². The molecule has 100 valence electrons. The van der Waals surface area contributed by atoms with Crippen LogP contribution in [0.1, 0.15) is 55.4 Å². The van der Waals surface area contributed by atoms with Gasteiger partial charge >= 0.3 is 5.97 Å². The lowest BCUT2D eigenvalue weighted by Crippen LogP contribution is -2.07. The van der Waals surface area contributed by atoms with E-state index >= 15 is 0 Å². The number of nitrogens with zero attached hydrogens (tertiary/aromatic N) is 2. The van der Waals surface area contributed by atoms with Crippen LogP contribution in [0.25, 0.3) is 5.70 Å². The normalized spacial score (nSPS) is 12.1. The molecule has 1 aromatic heterocycles. The van der Waals surface area contributed by atoms with E-state index in [0.717, 1.165) is 11.3 Å². The minimum Gasteiger partial charge on any atom is -0.464 e. The van der Waals surface area contributed by atoms with Crippen LogP contribution in [-0.4, -0.2) is 28.0 Å². The van der Waals surface area contributed by atoms with E-state index < -0.39 is 5.97 Å². The van der Waals surface area contributed by atoms with Crippen LogP contribution in [0.5, 0.6) is 0 Å². The minimum atomic E-state index is -0.476. The summed E-state index contributed by atoms with van der Waals surface area (Å²) in [5, 5.41) is 13.8. The summed E-state index contributed by atoms with van der Waals surface area (Å²) >= 11 is 0. The highest BCUT2D eigenvalue weighted by atomic mass is 16.5. The van der Waals surface area contributed by atoms with Gasteiger partial charge in [-0.3, -0.25) is 0 Å². The van der Waals surface area contributed by atoms with Crippen molar-refractivity contribution in [2.45, 2.75) is 40.2 Å². The second kappa shape index (κ2) is 5.82.